The van der Waals surface area contributed by atoms with Gasteiger partial charge < -0.3 is 29.2 Å². The number of thiophene rings is 2. The molecule has 494 valence electrons. The Hall–Kier alpha value is -13.1. The van der Waals surface area contributed by atoms with Crippen LogP contribution < -0.4 is 62.0 Å². The first-order chi connectivity index (χ1) is 52.6. The van der Waals surface area contributed by atoms with Gasteiger partial charge in [-0.25, -0.2) is 0 Å². The Morgan fingerprint density at radius 3 is 1.24 bits per heavy atom. The minimum atomic E-state index is -0.273. The number of ether oxygens (including phenoxy) is 1. The van der Waals surface area contributed by atoms with Crippen molar-refractivity contribution >= 4 is 195 Å². The lowest BCUT2D eigenvalue weighted by Crippen LogP contribution is -2.64. The average molecular weight is 1390 g/mol. The summed E-state index contributed by atoms with van der Waals surface area (Å²) in [5.41, 5.74) is 27.7. The monoisotopic (exact) mass is 1390 g/mol. The van der Waals surface area contributed by atoms with E-state index in [1.165, 1.54) is 62.2 Å². The van der Waals surface area contributed by atoms with E-state index < -0.39 is 0 Å². The molecule has 0 saturated heterocycles. The molecule has 0 radical (unpaired) electrons. The Morgan fingerprint density at radius 1 is 0.264 bits per heavy atom. The third-order valence-electron chi connectivity index (χ3n) is 22.0. The zero-order valence-electron chi connectivity index (χ0n) is 57.3. The van der Waals surface area contributed by atoms with Gasteiger partial charge in [0.15, 0.2) is 0 Å². The number of rotatable bonds is 11. The van der Waals surface area contributed by atoms with Crippen LogP contribution in [0, 0.1) is 0 Å². The molecular weight excluding hydrogens is 1320 g/mol. The molecule has 0 saturated carbocycles. The quantitative estimate of drug-likeness (QED) is 0.120. The predicted octanol–water partition coefficient (Wildman–Crippen LogP) is 23.2. The predicted molar refractivity (Wildman–Crippen MR) is 452 cm³/mol. The number of nitrogens with zero attached hydrogens (tertiary/aromatic N) is 5. The summed E-state index contributed by atoms with van der Waals surface area (Å²) in [5, 5.41) is 4.98. The first-order valence-corrected chi connectivity index (χ1v) is 37.9. The third-order valence-corrected chi connectivity index (χ3v) is 24.4. The fourth-order valence-corrected chi connectivity index (χ4v) is 20.0. The van der Waals surface area contributed by atoms with E-state index >= 15 is 0 Å². The highest BCUT2D eigenvalue weighted by atomic mass is 32.1. The van der Waals surface area contributed by atoms with Crippen LogP contribution in [0.3, 0.4) is 0 Å². The average Bonchev–Trinajstić information content (AvgIpc) is 0.839. The molecule has 0 bridgehead atoms. The van der Waals surface area contributed by atoms with Gasteiger partial charge in [0.1, 0.15) is 11.5 Å². The fraction of sp³-hybridized carbons (Fsp3) is 0. The molecule has 6 heterocycles. The lowest BCUT2D eigenvalue weighted by atomic mass is 9.30. The normalized spacial score (nSPS) is 12.9. The minimum absolute atomic E-state index is 0.231. The first-order valence-electron chi connectivity index (χ1n) is 36.3. The zero-order valence-corrected chi connectivity index (χ0v) is 59.0. The second-order valence-corrected chi connectivity index (χ2v) is 29.9. The van der Waals surface area contributed by atoms with Gasteiger partial charge in [0.05, 0.1) is 37.8 Å². The Kier molecular flexibility index (Phi) is 13.8. The molecule has 0 unspecified atom stereocenters. The van der Waals surface area contributed by atoms with Crippen molar-refractivity contribution in [1.82, 2.24) is 0 Å². The van der Waals surface area contributed by atoms with Gasteiger partial charge in [-0.15, -0.1) is 22.7 Å². The summed E-state index contributed by atoms with van der Waals surface area (Å²) in [4.78, 5) is 12.8. The van der Waals surface area contributed by atoms with Gasteiger partial charge >= 0.3 is 0 Å². The maximum atomic E-state index is 7.62. The summed E-state index contributed by atoms with van der Waals surface area (Å²) in [5.74, 6) is 1.66. The number of fused-ring (bicyclic) bond motifs is 14. The number of anilines is 15. The molecule has 22 rings (SSSR count). The first kappa shape index (κ1) is 60.5. The maximum Gasteiger partial charge on any atom is 0.256 e. The third kappa shape index (κ3) is 9.31. The van der Waals surface area contributed by atoms with Crippen LogP contribution in [0.15, 0.2) is 370 Å². The molecule has 18 aromatic rings. The van der Waals surface area contributed by atoms with Gasteiger partial charge in [0.2, 0.25) is 0 Å². The molecule has 0 fully saturated rings. The second kappa shape index (κ2) is 24.3. The molecule has 0 atom stereocenters. The van der Waals surface area contributed by atoms with Crippen molar-refractivity contribution in [3.05, 3.63) is 370 Å². The van der Waals surface area contributed by atoms with Crippen molar-refractivity contribution in [2.24, 2.45) is 0 Å². The summed E-state index contributed by atoms with van der Waals surface area (Å²) >= 11 is 3.71. The molecule has 0 spiro atoms. The second-order valence-electron chi connectivity index (χ2n) is 27.8. The largest absolute Gasteiger partial charge is 0.458 e. The molecule has 6 nitrogen and oxygen atoms in total. The summed E-state index contributed by atoms with van der Waals surface area (Å²) < 4.78 is 12.6. The van der Waals surface area contributed by atoms with E-state index in [1.807, 2.05) is 22.7 Å². The van der Waals surface area contributed by atoms with Gasteiger partial charge in [-0.05, 0) is 153 Å². The van der Waals surface area contributed by atoms with Crippen molar-refractivity contribution in [2.45, 2.75) is 0 Å². The Labute approximate surface area is 623 Å². The van der Waals surface area contributed by atoms with E-state index in [2.05, 4.69) is 395 Å². The van der Waals surface area contributed by atoms with E-state index in [9.17, 15) is 0 Å². The summed E-state index contributed by atoms with van der Waals surface area (Å²) in [6.07, 6.45) is 0. The van der Waals surface area contributed by atoms with Crippen molar-refractivity contribution in [3.63, 3.8) is 0 Å². The molecule has 16 aromatic carbocycles. The van der Waals surface area contributed by atoms with Crippen LogP contribution in [0.2, 0.25) is 0 Å². The van der Waals surface area contributed by atoms with Crippen LogP contribution in [0.5, 0.6) is 11.5 Å². The van der Waals surface area contributed by atoms with Gasteiger partial charge in [-0.2, -0.15) is 0 Å². The van der Waals surface area contributed by atoms with E-state index in [4.69, 9.17) is 4.74 Å². The minimum Gasteiger partial charge on any atom is -0.458 e. The van der Waals surface area contributed by atoms with Crippen molar-refractivity contribution in [2.75, 3.05) is 24.5 Å². The molecule has 0 amide bonds. The maximum absolute atomic E-state index is 7.62. The highest BCUT2D eigenvalue weighted by molar-refractivity contribution is 7.27. The number of hydrogen-bond acceptors (Lipinski definition) is 8. The smallest absolute Gasteiger partial charge is 0.256 e. The highest BCUT2D eigenvalue weighted by Gasteiger charge is 2.49. The highest BCUT2D eigenvalue weighted by Crippen LogP contribution is 2.56. The molecule has 10 heteroatoms. The van der Waals surface area contributed by atoms with Gasteiger partial charge in [-0.3, -0.25) is 0 Å². The summed E-state index contributed by atoms with van der Waals surface area (Å²) in [7, 11) is 0. The standard InChI is InChI=1S/C96H61B2N5OS2/c1-7-30-62(31-8-1)70-44-27-45-71(63-32-9-2-10-33-63)94(70)103-84-61-83-78(60-79(84)98-77-49-22-24-53-88(77)104-89-59-69(58-87(103)93(89)98)100(65-36-13-4-14-37-65)82-52-29-47-75-73-43-20-26-55-91(73)106-96(75)82)97-76-48-21-23-50-80(76)101(66-38-15-5-16-39-66)85-56-68(57-86(92(85)97)102(83)67-40-17-6-18-41-67)99(64-34-11-3-12-35-64)81-51-28-46-74-72-42-19-25-54-90(72)105-95(74)81/h1-61H. The van der Waals surface area contributed by atoms with Gasteiger partial charge in [-0.1, -0.05) is 255 Å². The molecule has 4 aliphatic heterocycles. The number of para-hydroxylation sites is 7. The lowest BCUT2D eigenvalue weighted by molar-refractivity contribution is 0.487. The van der Waals surface area contributed by atoms with Crippen molar-refractivity contribution < 1.29 is 4.74 Å². The molecule has 0 N–H and O–H groups in total. The van der Waals surface area contributed by atoms with E-state index in [0.29, 0.717) is 0 Å². The fourth-order valence-electron chi connectivity index (χ4n) is 17.6. The Morgan fingerprint density at radius 2 is 0.679 bits per heavy atom. The Bertz CT molecular complexity index is 6500. The molecular formula is C96H61B2N5OS2. The van der Waals surface area contributed by atoms with Crippen LogP contribution >= 0.6 is 22.7 Å². The lowest BCUT2D eigenvalue weighted by Gasteiger charge is -2.47. The van der Waals surface area contributed by atoms with Gasteiger partial charge in [0, 0.05) is 105 Å². The van der Waals surface area contributed by atoms with Crippen molar-refractivity contribution in [3.8, 4) is 33.8 Å². The zero-order chi connectivity index (χ0) is 69.5. The van der Waals surface area contributed by atoms with Crippen LogP contribution in [0.25, 0.3) is 62.6 Å². The molecule has 4 aliphatic rings. The molecule has 2 aromatic heterocycles. The van der Waals surface area contributed by atoms with Gasteiger partial charge in [0.25, 0.3) is 13.4 Å². The number of benzene rings is 16. The Balaban J connectivity index is 0.875. The van der Waals surface area contributed by atoms with E-state index in [-0.39, 0.29) is 13.4 Å². The SMILES string of the molecule is c1ccc(-c2cccc(-c3ccccc3)c2N2c3cc4c(cc3B3c5ccccc5Oc5cc(N(c6ccccc6)c6cccc7c6sc6ccccc67)cc2c53)B2c3ccccc3N(c3ccccc3)c3cc(N(c5ccccc5)c5cccc6c5sc5ccccc56)cc(c32)N4c2ccccc2)cc1. The summed E-state index contributed by atoms with van der Waals surface area (Å²) in [6.45, 7) is -0.504. The van der Waals surface area contributed by atoms with Crippen LogP contribution in [-0.4, -0.2) is 13.4 Å². The van der Waals surface area contributed by atoms with Crippen LogP contribution in [0.4, 0.5) is 85.3 Å². The van der Waals surface area contributed by atoms with E-state index in [0.717, 1.165) is 130 Å². The van der Waals surface area contributed by atoms with Crippen LogP contribution in [0.1, 0.15) is 0 Å². The van der Waals surface area contributed by atoms with E-state index in [1.54, 1.807) is 0 Å². The van der Waals surface area contributed by atoms with Crippen LogP contribution in [-0.2, 0) is 0 Å². The summed E-state index contributed by atoms with van der Waals surface area (Å²) in [6, 6.07) is 137. The van der Waals surface area contributed by atoms with Crippen molar-refractivity contribution in [1.29, 1.82) is 0 Å². The molecule has 0 aliphatic carbocycles. The molecule has 106 heavy (non-hydrogen) atoms. The topological polar surface area (TPSA) is 25.4 Å². The number of hydrogen-bond donors (Lipinski definition) is 0.